The van der Waals surface area contributed by atoms with Crippen LogP contribution in [0.4, 0.5) is 0 Å². The van der Waals surface area contributed by atoms with Crippen LogP contribution in [-0.4, -0.2) is 32.2 Å². The van der Waals surface area contributed by atoms with Gasteiger partial charge in [0.15, 0.2) is 0 Å². The highest BCUT2D eigenvalue weighted by Crippen LogP contribution is 2.23. The molecule has 0 spiro atoms. The normalized spacial score (nSPS) is 24.7. The molecule has 0 heterocycles. The Morgan fingerprint density at radius 2 is 2.27 bits per heavy atom. The first kappa shape index (κ1) is 14.7. The van der Waals surface area contributed by atoms with Gasteiger partial charge in [-0.15, -0.1) is 12.4 Å². The molecule has 0 radical (unpaired) electrons. The zero-order valence-corrected chi connectivity index (χ0v) is 10.0. The van der Waals surface area contributed by atoms with Gasteiger partial charge in [-0.05, 0) is 25.7 Å². The molecule has 1 rings (SSSR count). The van der Waals surface area contributed by atoms with E-state index in [1.54, 1.807) is 7.11 Å². The van der Waals surface area contributed by atoms with Crippen molar-refractivity contribution >= 4 is 18.3 Å². The SMILES string of the molecule is COCCCNC(=O)C1CCC(N)C1.Cl. The van der Waals surface area contributed by atoms with Crippen molar-refractivity contribution in [3.63, 3.8) is 0 Å². The van der Waals surface area contributed by atoms with E-state index in [1.165, 1.54) is 0 Å². The molecule has 0 aromatic heterocycles. The van der Waals surface area contributed by atoms with Crippen molar-refractivity contribution in [1.29, 1.82) is 0 Å². The molecule has 0 saturated heterocycles. The first-order chi connectivity index (χ1) is 6.74. The van der Waals surface area contributed by atoms with Crippen molar-refractivity contribution in [2.75, 3.05) is 20.3 Å². The minimum absolute atomic E-state index is 0. The molecule has 2 unspecified atom stereocenters. The van der Waals surface area contributed by atoms with Crippen LogP contribution < -0.4 is 11.1 Å². The Bertz CT molecular complexity index is 190. The second-order valence-corrected chi connectivity index (χ2v) is 3.91. The molecule has 0 aromatic rings. The second-order valence-electron chi connectivity index (χ2n) is 3.91. The molecule has 4 nitrogen and oxygen atoms in total. The maximum absolute atomic E-state index is 11.5. The van der Waals surface area contributed by atoms with E-state index < -0.39 is 0 Å². The Morgan fingerprint density at radius 3 is 2.80 bits per heavy atom. The molecule has 0 aliphatic heterocycles. The monoisotopic (exact) mass is 236 g/mol. The van der Waals surface area contributed by atoms with Gasteiger partial charge in [-0.25, -0.2) is 0 Å². The highest BCUT2D eigenvalue weighted by atomic mass is 35.5. The van der Waals surface area contributed by atoms with Gasteiger partial charge in [0.05, 0.1) is 0 Å². The fraction of sp³-hybridized carbons (Fsp3) is 0.900. The topological polar surface area (TPSA) is 64.3 Å². The fourth-order valence-electron chi connectivity index (χ4n) is 1.83. The molecule has 5 heteroatoms. The number of hydrogen-bond donors (Lipinski definition) is 2. The van der Waals surface area contributed by atoms with E-state index in [2.05, 4.69) is 5.32 Å². The van der Waals surface area contributed by atoms with Crippen molar-refractivity contribution in [3.05, 3.63) is 0 Å². The van der Waals surface area contributed by atoms with E-state index >= 15 is 0 Å². The summed E-state index contributed by atoms with van der Waals surface area (Å²) in [6.07, 6.45) is 3.64. The van der Waals surface area contributed by atoms with Gasteiger partial charge >= 0.3 is 0 Å². The number of methoxy groups -OCH3 is 1. The largest absolute Gasteiger partial charge is 0.385 e. The van der Waals surface area contributed by atoms with E-state index in [1.807, 2.05) is 0 Å². The Morgan fingerprint density at radius 1 is 1.53 bits per heavy atom. The lowest BCUT2D eigenvalue weighted by Gasteiger charge is -2.10. The van der Waals surface area contributed by atoms with Crippen molar-refractivity contribution in [2.45, 2.75) is 31.7 Å². The predicted octanol–water partition coefficient (Wildman–Crippen LogP) is 0.688. The third-order valence-electron chi connectivity index (χ3n) is 2.67. The summed E-state index contributed by atoms with van der Waals surface area (Å²) >= 11 is 0. The fourth-order valence-corrected chi connectivity index (χ4v) is 1.83. The zero-order valence-electron chi connectivity index (χ0n) is 9.20. The summed E-state index contributed by atoms with van der Waals surface area (Å²) in [7, 11) is 1.66. The van der Waals surface area contributed by atoms with Crippen molar-refractivity contribution in [1.82, 2.24) is 5.32 Å². The summed E-state index contributed by atoms with van der Waals surface area (Å²) < 4.78 is 4.89. The van der Waals surface area contributed by atoms with Crippen molar-refractivity contribution in [3.8, 4) is 0 Å². The van der Waals surface area contributed by atoms with E-state index in [9.17, 15) is 4.79 Å². The molecular formula is C10H21ClN2O2. The summed E-state index contributed by atoms with van der Waals surface area (Å²) in [4.78, 5) is 11.5. The lowest BCUT2D eigenvalue weighted by molar-refractivity contribution is -0.124. The Hall–Kier alpha value is -0.320. The van der Waals surface area contributed by atoms with Gasteiger partial charge in [0.2, 0.25) is 5.91 Å². The maximum Gasteiger partial charge on any atom is 0.223 e. The maximum atomic E-state index is 11.5. The number of nitrogens with two attached hydrogens (primary N) is 1. The highest BCUT2D eigenvalue weighted by molar-refractivity contribution is 5.85. The van der Waals surface area contributed by atoms with Crippen LogP contribution >= 0.6 is 12.4 Å². The summed E-state index contributed by atoms with van der Waals surface area (Å²) in [5, 5.41) is 2.91. The van der Waals surface area contributed by atoms with E-state index in [0.29, 0.717) is 13.2 Å². The van der Waals surface area contributed by atoms with Gasteiger partial charge in [-0.2, -0.15) is 0 Å². The molecule has 1 amide bonds. The van der Waals surface area contributed by atoms with Gasteiger partial charge in [0.1, 0.15) is 0 Å². The molecule has 90 valence electrons. The number of carbonyl (C=O) groups is 1. The third-order valence-corrected chi connectivity index (χ3v) is 2.67. The quantitative estimate of drug-likeness (QED) is 0.691. The molecular weight excluding hydrogens is 216 g/mol. The molecule has 1 aliphatic carbocycles. The van der Waals surface area contributed by atoms with Crippen LogP contribution in [0.15, 0.2) is 0 Å². The summed E-state index contributed by atoms with van der Waals surface area (Å²) in [6, 6.07) is 0.227. The molecule has 2 atom stereocenters. The van der Waals surface area contributed by atoms with Gasteiger partial charge < -0.3 is 15.8 Å². The minimum Gasteiger partial charge on any atom is -0.385 e. The molecule has 1 saturated carbocycles. The lowest BCUT2D eigenvalue weighted by Crippen LogP contribution is -2.31. The molecule has 0 bridgehead atoms. The number of ether oxygens (including phenoxy) is 1. The summed E-state index contributed by atoms with van der Waals surface area (Å²) in [5.41, 5.74) is 5.74. The van der Waals surface area contributed by atoms with Crippen LogP contribution in [0.25, 0.3) is 0 Å². The predicted molar refractivity (Wildman–Crippen MR) is 62.1 cm³/mol. The van der Waals surface area contributed by atoms with Crippen LogP contribution in [0, 0.1) is 5.92 Å². The van der Waals surface area contributed by atoms with Crippen LogP contribution in [0.2, 0.25) is 0 Å². The molecule has 15 heavy (non-hydrogen) atoms. The number of rotatable bonds is 5. The number of halogens is 1. The number of carbonyl (C=O) groups excluding carboxylic acids is 1. The molecule has 1 fully saturated rings. The molecule has 3 N–H and O–H groups in total. The average molecular weight is 237 g/mol. The van der Waals surface area contributed by atoms with Crippen LogP contribution in [0.5, 0.6) is 0 Å². The van der Waals surface area contributed by atoms with Gasteiger partial charge in [0.25, 0.3) is 0 Å². The van der Waals surface area contributed by atoms with Crippen molar-refractivity contribution < 1.29 is 9.53 Å². The third kappa shape index (κ3) is 5.35. The van der Waals surface area contributed by atoms with Gasteiger partial charge in [0, 0.05) is 32.2 Å². The Labute approximate surface area is 97.3 Å². The summed E-state index contributed by atoms with van der Waals surface area (Å²) in [6.45, 7) is 1.41. The van der Waals surface area contributed by atoms with E-state index in [4.69, 9.17) is 10.5 Å². The van der Waals surface area contributed by atoms with Crippen LogP contribution in [0.1, 0.15) is 25.7 Å². The zero-order chi connectivity index (χ0) is 10.4. The smallest absolute Gasteiger partial charge is 0.223 e. The highest BCUT2D eigenvalue weighted by Gasteiger charge is 2.27. The number of nitrogens with one attached hydrogen (secondary N) is 1. The van der Waals surface area contributed by atoms with Crippen LogP contribution in [-0.2, 0) is 9.53 Å². The second kappa shape index (κ2) is 7.91. The first-order valence-electron chi connectivity index (χ1n) is 5.26. The molecule has 1 aliphatic rings. The number of amides is 1. The van der Waals surface area contributed by atoms with E-state index in [-0.39, 0.29) is 30.3 Å². The van der Waals surface area contributed by atoms with Crippen molar-refractivity contribution in [2.24, 2.45) is 11.7 Å². The van der Waals surface area contributed by atoms with Gasteiger partial charge in [-0.1, -0.05) is 0 Å². The minimum atomic E-state index is 0. The molecule has 0 aromatic carbocycles. The first-order valence-corrected chi connectivity index (χ1v) is 5.26. The number of hydrogen-bond acceptors (Lipinski definition) is 3. The lowest BCUT2D eigenvalue weighted by atomic mass is 10.1. The van der Waals surface area contributed by atoms with E-state index in [0.717, 1.165) is 25.7 Å². The summed E-state index contributed by atoms with van der Waals surface area (Å²) in [5.74, 6) is 0.307. The Balaban J connectivity index is 0.00000196. The Kier molecular flexibility index (Phi) is 7.74. The average Bonchev–Trinajstić information content (AvgIpc) is 2.59. The standard InChI is InChI=1S/C10H20N2O2.ClH/c1-14-6-2-5-12-10(13)8-3-4-9(11)7-8;/h8-9H,2-7,11H2,1H3,(H,12,13);1H. The van der Waals surface area contributed by atoms with Crippen LogP contribution in [0.3, 0.4) is 0 Å². The van der Waals surface area contributed by atoms with Gasteiger partial charge in [-0.3, -0.25) is 4.79 Å².